The fraction of sp³-hybridized carbons (Fsp3) is 1.00. The van der Waals surface area contributed by atoms with E-state index >= 15 is 0 Å². The van der Waals surface area contributed by atoms with Crippen molar-refractivity contribution in [3.05, 3.63) is 0 Å². The highest BCUT2D eigenvalue weighted by atomic mass is 31.2. The Bertz CT molecular complexity index is 272. The van der Waals surface area contributed by atoms with Gasteiger partial charge in [-0.1, -0.05) is 0 Å². The highest BCUT2D eigenvalue weighted by Crippen LogP contribution is 2.69. The van der Waals surface area contributed by atoms with E-state index in [1.165, 1.54) is 0 Å². The Labute approximate surface area is 158 Å². The van der Waals surface area contributed by atoms with Gasteiger partial charge in [-0.3, -0.25) is 0 Å². The summed E-state index contributed by atoms with van der Waals surface area (Å²) in [6.07, 6.45) is 0. The standard InChI is InChI=1S/C18H44N4O2P/c1-9-19(10-2)25(20(11-3)12-4,21(13-5)14-6)22(15-17-23-7)16-18-24-8/h9-18H2,1-8H3/q+1. The molecule has 0 saturated heterocycles. The van der Waals surface area contributed by atoms with Crippen LogP contribution in [0.5, 0.6) is 0 Å². The van der Waals surface area contributed by atoms with Gasteiger partial charge >= 0.3 is 7.87 Å². The summed E-state index contributed by atoms with van der Waals surface area (Å²) in [4.78, 5) is 0. The monoisotopic (exact) mass is 379 g/mol. The van der Waals surface area contributed by atoms with Crippen molar-refractivity contribution in [3.63, 3.8) is 0 Å². The molecule has 0 bridgehead atoms. The van der Waals surface area contributed by atoms with Crippen molar-refractivity contribution in [1.82, 2.24) is 18.7 Å². The number of hydrogen-bond acceptors (Lipinski definition) is 6. The van der Waals surface area contributed by atoms with Gasteiger partial charge in [-0.15, -0.1) is 18.7 Å². The van der Waals surface area contributed by atoms with E-state index in [4.69, 9.17) is 9.47 Å². The van der Waals surface area contributed by atoms with E-state index in [9.17, 15) is 0 Å². The molecule has 0 fully saturated rings. The lowest BCUT2D eigenvalue weighted by Gasteiger charge is -2.50. The number of methoxy groups -OCH3 is 2. The zero-order valence-electron chi connectivity index (χ0n) is 18.1. The average molecular weight is 380 g/mol. The first kappa shape index (κ1) is 25.2. The number of rotatable bonds is 16. The van der Waals surface area contributed by atoms with E-state index in [-0.39, 0.29) is 0 Å². The Hall–Kier alpha value is 0.190. The van der Waals surface area contributed by atoms with Crippen LogP contribution in [0.3, 0.4) is 0 Å². The van der Waals surface area contributed by atoms with Crippen LogP contribution in [0.4, 0.5) is 0 Å². The highest BCUT2D eigenvalue weighted by Gasteiger charge is 2.58. The molecule has 0 saturated carbocycles. The highest BCUT2D eigenvalue weighted by molar-refractivity contribution is 7.66. The minimum absolute atomic E-state index is 0.745. The van der Waals surface area contributed by atoms with Gasteiger partial charge in [-0.05, 0) is 41.5 Å². The Balaban J connectivity index is 6.28. The predicted octanol–water partition coefficient (Wildman–Crippen LogP) is 3.28. The van der Waals surface area contributed by atoms with Crippen LogP contribution in [0.1, 0.15) is 41.5 Å². The average Bonchev–Trinajstić information content (AvgIpc) is 2.64. The summed E-state index contributed by atoms with van der Waals surface area (Å²) >= 11 is 0. The third kappa shape index (κ3) is 6.10. The molecular formula is C18H44N4O2P+. The second-order valence-electron chi connectivity index (χ2n) is 5.89. The second-order valence-corrected chi connectivity index (χ2v) is 9.23. The summed E-state index contributed by atoms with van der Waals surface area (Å²) < 4.78 is 21.7. The van der Waals surface area contributed by atoms with Gasteiger partial charge in [0.05, 0.1) is 26.3 Å². The van der Waals surface area contributed by atoms with E-state index in [1.54, 1.807) is 14.2 Å². The van der Waals surface area contributed by atoms with Crippen LogP contribution < -0.4 is 0 Å². The van der Waals surface area contributed by atoms with Gasteiger partial charge in [-0.2, -0.15) is 0 Å². The van der Waals surface area contributed by atoms with Crippen molar-refractivity contribution in [2.45, 2.75) is 41.5 Å². The molecule has 0 aromatic rings. The summed E-state index contributed by atoms with van der Waals surface area (Å²) in [5.74, 6) is 0. The van der Waals surface area contributed by atoms with Crippen LogP contribution in [0, 0.1) is 0 Å². The predicted molar refractivity (Wildman–Crippen MR) is 111 cm³/mol. The maximum atomic E-state index is 5.47. The van der Waals surface area contributed by atoms with Crippen LogP contribution >= 0.6 is 7.87 Å². The van der Waals surface area contributed by atoms with E-state index < -0.39 is 7.87 Å². The van der Waals surface area contributed by atoms with Gasteiger partial charge in [0.25, 0.3) is 0 Å². The lowest BCUT2D eigenvalue weighted by atomic mass is 10.6. The topological polar surface area (TPSA) is 31.4 Å². The molecule has 152 valence electrons. The molecule has 6 nitrogen and oxygen atoms in total. The first-order chi connectivity index (χ1) is 12.1. The molecule has 0 amide bonds. The molecular weight excluding hydrogens is 335 g/mol. The summed E-state index contributed by atoms with van der Waals surface area (Å²) in [5, 5.41) is 0. The molecule has 0 atom stereocenters. The van der Waals surface area contributed by atoms with Gasteiger partial charge in [-0.25, -0.2) is 0 Å². The molecule has 0 unspecified atom stereocenters. The maximum Gasteiger partial charge on any atom is 0.308 e. The summed E-state index contributed by atoms with van der Waals surface area (Å²) in [6, 6.07) is 0. The van der Waals surface area contributed by atoms with E-state index in [0.29, 0.717) is 0 Å². The lowest BCUT2D eigenvalue weighted by molar-refractivity contribution is 0.135. The van der Waals surface area contributed by atoms with Crippen molar-refractivity contribution in [2.24, 2.45) is 0 Å². The zero-order valence-corrected chi connectivity index (χ0v) is 19.0. The molecule has 0 heterocycles. The van der Waals surface area contributed by atoms with E-state index in [2.05, 4.69) is 60.2 Å². The zero-order chi connectivity index (χ0) is 19.3. The number of nitrogens with zero attached hydrogens (tertiary/aromatic N) is 4. The normalized spacial score (nSPS) is 13.0. The van der Waals surface area contributed by atoms with Crippen molar-refractivity contribution in [2.75, 3.05) is 79.8 Å². The minimum atomic E-state index is -1.82. The summed E-state index contributed by atoms with van der Waals surface area (Å²) in [7, 11) is 1.76. The van der Waals surface area contributed by atoms with Crippen LogP contribution in [0.15, 0.2) is 0 Å². The Morgan fingerprint density at radius 3 is 1.00 bits per heavy atom. The first-order valence-electron chi connectivity index (χ1n) is 9.97. The van der Waals surface area contributed by atoms with E-state index in [0.717, 1.165) is 65.6 Å². The molecule has 0 spiro atoms. The van der Waals surface area contributed by atoms with Crippen molar-refractivity contribution in [1.29, 1.82) is 0 Å². The first-order valence-corrected chi connectivity index (χ1v) is 11.6. The van der Waals surface area contributed by atoms with Crippen LogP contribution in [0.2, 0.25) is 0 Å². The number of ether oxygens (including phenoxy) is 2. The van der Waals surface area contributed by atoms with Gasteiger partial charge in [0.1, 0.15) is 0 Å². The van der Waals surface area contributed by atoms with Gasteiger partial charge < -0.3 is 9.47 Å². The molecule has 7 heteroatoms. The molecule has 0 radical (unpaired) electrons. The minimum Gasteiger partial charge on any atom is -0.383 e. The van der Waals surface area contributed by atoms with Gasteiger partial charge in [0.15, 0.2) is 0 Å². The Kier molecular flexibility index (Phi) is 14.4. The third-order valence-corrected chi connectivity index (χ3v) is 9.95. The third-order valence-electron chi connectivity index (χ3n) is 4.82. The fourth-order valence-electron chi connectivity index (χ4n) is 3.66. The van der Waals surface area contributed by atoms with Gasteiger partial charge in [0, 0.05) is 53.5 Å². The summed E-state index contributed by atoms with van der Waals surface area (Å²) in [5.41, 5.74) is 0. The molecule has 0 rings (SSSR count). The van der Waals surface area contributed by atoms with Crippen LogP contribution in [-0.2, 0) is 9.47 Å². The molecule has 0 aromatic heterocycles. The molecule has 0 aromatic carbocycles. The van der Waals surface area contributed by atoms with Crippen LogP contribution in [0.25, 0.3) is 0 Å². The fourth-order valence-corrected chi connectivity index (χ4v) is 8.78. The quantitative estimate of drug-likeness (QED) is 0.383. The Morgan fingerprint density at radius 1 is 0.520 bits per heavy atom. The molecule has 0 aliphatic rings. The second kappa shape index (κ2) is 14.3. The summed E-state index contributed by atoms with van der Waals surface area (Å²) in [6.45, 7) is 23.4. The Morgan fingerprint density at radius 2 is 0.800 bits per heavy atom. The number of hydrogen-bond donors (Lipinski definition) is 0. The molecule has 0 N–H and O–H groups in total. The smallest absolute Gasteiger partial charge is 0.308 e. The van der Waals surface area contributed by atoms with Crippen molar-refractivity contribution in [3.8, 4) is 0 Å². The SMILES string of the molecule is CCN(CC)[P+](N(CC)CC)(N(CC)CC)N(CCOC)CCOC. The molecule has 25 heavy (non-hydrogen) atoms. The maximum absolute atomic E-state index is 5.47. The van der Waals surface area contributed by atoms with Crippen molar-refractivity contribution >= 4 is 7.87 Å². The molecule has 0 aliphatic carbocycles. The van der Waals surface area contributed by atoms with E-state index in [1.807, 2.05) is 0 Å². The molecule has 0 aliphatic heterocycles. The van der Waals surface area contributed by atoms with Crippen LogP contribution in [-0.4, -0.2) is 98.5 Å². The lowest BCUT2D eigenvalue weighted by Crippen LogP contribution is -2.54. The van der Waals surface area contributed by atoms with Crippen molar-refractivity contribution < 1.29 is 9.47 Å². The largest absolute Gasteiger partial charge is 0.383 e. The van der Waals surface area contributed by atoms with Gasteiger partial charge in [0.2, 0.25) is 0 Å².